The molecule has 0 fully saturated rings. The van der Waals surface area contributed by atoms with Crippen LogP contribution in [-0.4, -0.2) is 12.0 Å². The van der Waals surface area contributed by atoms with E-state index in [1.807, 2.05) is 55.5 Å². The first-order valence-electron chi connectivity index (χ1n) is 9.14. The number of nitro groups is 1. The van der Waals surface area contributed by atoms with Crippen LogP contribution in [0.2, 0.25) is 0 Å². The lowest BCUT2D eigenvalue weighted by Crippen LogP contribution is -2.20. The molecule has 0 aliphatic heterocycles. The van der Waals surface area contributed by atoms with Crippen LogP contribution < -0.4 is 20.3 Å². The molecule has 0 unspecified atom stereocenters. The molecule has 0 atom stereocenters. The molecule has 0 heterocycles. The minimum Gasteiger partial charge on any atom is -0.496 e. The normalized spacial score (nSPS) is 10.4. The largest absolute Gasteiger partial charge is 0.496 e. The lowest BCUT2D eigenvalue weighted by molar-refractivity contribution is -0.386. The van der Waals surface area contributed by atoms with E-state index in [2.05, 4.69) is 10.9 Å². The second-order valence-corrected chi connectivity index (χ2v) is 6.51. The fourth-order valence-corrected chi connectivity index (χ4v) is 2.87. The predicted octanol–water partition coefficient (Wildman–Crippen LogP) is 4.61. The van der Waals surface area contributed by atoms with Gasteiger partial charge in [0.05, 0.1) is 12.0 Å². The molecule has 7 nitrogen and oxygen atoms in total. The molecule has 0 saturated heterocycles. The Kier molecular flexibility index (Phi) is 6.65. The summed E-state index contributed by atoms with van der Waals surface area (Å²) in [7, 11) is 1.59. The third-order valence-corrected chi connectivity index (χ3v) is 4.34. The maximum absolute atomic E-state index is 11.2. The summed E-state index contributed by atoms with van der Waals surface area (Å²) >= 11 is 0. The molecule has 0 spiro atoms. The number of rotatable bonds is 9. The smallest absolute Gasteiger partial charge is 0.310 e. The molecule has 0 amide bonds. The van der Waals surface area contributed by atoms with E-state index in [-0.39, 0.29) is 18.0 Å². The molecule has 0 aliphatic rings. The molecule has 0 aromatic heterocycles. The highest BCUT2D eigenvalue weighted by Crippen LogP contribution is 2.30. The van der Waals surface area contributed by atoms with Gasteiger partial charge in [0.15, 0.2) is 5.75 Å². The van der Waals surface area contributed by atoms with E-state index in [1.54, 1.807) is 19.2 Å². The van der Waals surface area contributed by atoms with Crippen molar-refractivity contribution in [1.82, 2.24) is 5.43 Å². The van der Waals surface area contributed by atoms with E-state index in [0.717, 1.165) is 22.4 Å². The van der Waals surface area contributed by atoms with Crippen molar-refractivity contribution in [2.75, 3.05) is 12.5 Å². The number of hydrogen-bond acceptors (Lipinski definition) is 6. The number of ether oxygens (including phenoxy) is 2. The lowest BCUT2D eigenvalue weighted by atomic mass is 10.1. The van der Waals surface area contributed by atoms with E-state index in [0.29, 0.717) is 12.3 Å². The van der Waals surface area contributed by atoms with E-state index in [4.69, 9.17) is 9.47 Å². The van der Waals surface area contributed by atoms with Crippen LogP contribution in [0.4, 0.5) is 11.4 Å². The van der Waals surface area contributed by atoms with E-state index in [1.165, 1.54) is 6.07 Å². The predicted molar refractivity (Wildman–Crippen MR) is 112 cm³/mol. The summed E-state index contributed by atoms with van der Waals surface area (Å²) in [5, 5.41) is 11.2. The molecule has 3 rings (SSSR count). The summed E-state index contributed by atoms with van der Waals surface area (Å²) in [6, 6.07) is 20.4. The number of methoxy groups -OCH3 is 1. The van der Waals surface area contributed by atoms with Gasteiger partial charge in [-0.05, 0) is 48.4 Å². The molecule has 3 aromatic carbocycles. The van der Waals surface area contributed by atoms with Crippen molar-refractivity contribution < 1.29 is 14.4 Å². The number of benzene rings is 3. The van der Waals surface area contributed by atoms with Gasteiger partial charge in [-0.15, -0.1) is 0 Å². The van der Waals surface area contributed by atoms with Crippen LogP contribution in [0.25, 0.3) is 0 Å². The van der Waals surface area contributed by atoms with Crippen LogP contribution >= 0.6 is 0 Å². The number of nitrogens with zero attached hydrogens (tertiary/aromatic N) is 1. The SMILES string of the molecule is COc1ccc(CNNc2ccccc2)cc1COc1cc(C)ccc1[N+](=O)[O-]. The highest BCUT2D eigenvalue weighted by Gasteiger charge is 2.16. The van der Waals surface area contributed by atoms with Gasteiger partial charge >= 0.3 is 5.69 Å². The fraction of sp³-hybridized carbons (Fsp3) is 0.182. The molecule has 0 aliphatic carbocycles. The Bertz CT molecular complexity index is 977. The Hall–Kier alpha value is -3.58. The Morgan fingerprint density at radius 2 is 1.79 bits per heavy atom. The first kappa shape index (κ1) is 20.2. The molecule has 0 bridgehead atoms. The molecule has 150 valence electrons. The summed E-state index contributed by atoms with van der Waals surface area (Å²) in [6.45, 7) is 2.60. The minimum atomic E-state index is -0.443. The molecule has 3 aromatic rings. The van der Waals surface area contributed by atoms with E-state index >= 15 is 0 Å². The maximum atomic E-state index is 11.2. The van der Waals surface area contributed by atoms with E-state index < -0.39 is 4.92 Å². The fourth-order valence-electron chi connectivity index (χ4n) is 2.87. The monoisotopic (exact) mass is 393 g/mol. The van der Waals surface area contributed by atoms with Gasteiger partial charge in [0.1, 0.15) is 12.4 Å². The van der Waals surface area contributed by atoms with Crippen molar-refractivity contribution in [3.8, 4) is 11.5 Å². The summed E-state index contributed by atoms with van der Waals surface area (Å²) in [5.41, 5.74) is 9.94. The number of para-hydroxylation sites is 1. The van der Waals surface area contributed by atoms with Gasteiger partial charge < -0.3 is 14.9 Å². The standard InChI is InChI=1S/C22H23N3O4/c1-16-8-10-20(25(26)27)22(12-16)29-15-18-13-17(9-11-21(18)28-2)14-23-24-19-6-4-3-5-7-19/h3-13,23-24H,14-15H2,1-2H3. The minimum absolute atomic E-state index is 0.0561. The maximum Gasteiger partial charge on any atom is 0.310 e. The van der Waals surface area contributed by atoms with Crippen molar-refractivity contribution in [3.63, 3.8) is 0 Å². The van der Waals surface area contributed by atoms with Gasteiger partial charge in [-0.3, -0.25) is 10.1 Å². The molecule has 7 heteroatoms. The number of hydrazine groups is 1. The van der Waals surface area contributed by atoms with Crippen LogP contribution in [0.15, 0.2) is 66.7 Å². The van der Waals surface area contributed by atoms with Crippen LogP contribution in [-0.2, 0) is 13.2 Å². The second-order valence-electron chi connectivity index (χ2n) is 6.51. The van der Waals surface area contributed by atoms with Crippen LogP contribution in [0, 0.1) is 17.0 Å². The Morgan fingerprint density at radius 1 is 1.00 bits per heavy atom. The first-order valence-corrected chi connectivity index (χ1v) is 9.14. The van der Waals surface area contributed by atoms with Gasteiger partial charge in [-0.2, -0.15) is 0 Å². The van der Waals surface area contributed by atoms with Crippen LogP contribution in [0.5, 0.6) is 11.5 Å². The third-order valence-electron chi connectivity index (χ3n) is 4.34. The zero-order valence-corrected chi connectivity index (χ0v) is 16.3. The Balaban J connectivity index is 1.69. The van der Waals surface area contributed by atoms with Gasteiger partial charge in [0.25, 0.3) is 0 Å². The Labute approximate surface area is 169 Å². The zero-order chi connectivity index (χ0) is 20.6. The summed E-state index contributed by atoms with van der Waals surface area (Å²) in [4.78, 5) is 10.8. The average Bonchev–Trinajstić information content (AvgIpc) is 2.73. The number of nitrogens with one attached hydrogen (secondary N) is 2. The number of nitro benzene ring substituents is 1. The van der Waals surface area contributed by atoms with Crippen LogP contribution in [0.3, 0.4) is 0 Å². The number of anilines is 1. The highest BCUT2D eigenvalue weighted by atomic mass is 16.6. The molecular formula is C22H23N3O4. The molecule has 2 N–H and O–H groups in total. The van der Waals surface area contributed by atoms with E-state index in [9.17, 15) is 10.1 Å². The second kappa shape index (κ2) is 9.57. The van der Waals surface area contributed by atoms with Gasteiger partial charge in [-0.25, -0.2) is 5.43 Å². The van der Waals surface area contributed by atoms with Gasteiger partial charge in [0, 0.05) is 23.9 Å². The van der Waals surface area contributed by atoms with Crippen molar-refractivity contribution >= 4 is 11.4 Å². The van der Waals surface area contributed by atoms with Crippen molar-refractivity contribution in [2.24, 2.45) is 0 Å². The summed E-state index contributed by atoms with van der Waals surface area (Å²) in [5.74, 6) is 0.909. The lowest BCUT2D eigenvalue weighted by Gasteiger charge is -2.14. The van der Waals surface area contributed by atoms with Gasteiger partial charge in [-0.1, -0.05) is 30.3 Å². The van der Waals surface area contributed by atoms with Crippen molar-refractivity contribution in [2.45, 2.75) is 20.1 Å². The van der Waals surface area contributed by atoms with Crippen molar-refractivity contribution in [3.05, 3.63) is 93.5 Å². The molecule has 29 heavy (non-hydrogen) atoms. The molecule has 0 saturated carbocycles. The quantitative estimate of drug-likeness (QED) is 0.408. The summed E-state index contributed by atoms with van der Waals surface area (Å²) in [6.07, 6.45) is 0. The average molecular weight is 393 g/mol. The number of aryl methyl sites for hydroxylation is 1. The zero-order valence-electron chi connectivity index (χ0n) is 16.3. The third kappa shape index (κ3) is 5.46. The summed E-state index contributed by atoms with van der Waals surface area (Å²) < 4.78 is 11.2. The highest BCUT2D eigenvalue weighted by molar-refractivity contribution is 5.48. The van der Waals surface area contributed by atoms with Gasteiger partial charge in [0.2, 0.25) is 0 Å². The molecular weight excluding hydrogens is 370 g/mol. The Morgan fingerprint density at radius 3 is 2.52 bits per heavy atom. The van der Waals surface area contributed by atoms with Crippen molar-refractivity contribution in [1.29, 1.82) is 0 Å². The topological polar surface area (TPSA) is 85.7 Å². The molecule has 0 radical (unpaired) electrons. The number of hydrogen-bond donors (Lipinski definition) is 2. The first-order chi connectivity index (χ1) is 14.1. The van der Waals surface area contributed by atoms with Crippen LogP contribution in [0.1, 0.15) is 16.7 Å².